The molecule has 0 amide bonds. The highest BCUT2D eigenvalue weighted by Gasteiger charge is 2.26. The van der Waals surface area contributed by atoms with Crippen LogP contribution >= 0.6 is 0 Å². The van der Waals surface area contributed by atoms with Crippen LogP contribution in [0.5, 0.6) is 0 Å². The lowest BCUT2D eigenvalue weighted by molar-refractivity contribution is 0.0290. The number of nitrogens with two attached hydrogens (primary N) is 1. The Balaban J connectivity index is 2.01. The number of hydrogen-bond donors (Lipinski definition) is 2. The van der Waals surface area contributed by atoms with Crippen molar-refractivity contribution in [2.45, 2.75) is 25.9 Å². The van der Waals surface area contributed by atoms with E-state index in [1.54, 1.807) is 0 Å². The molecule has 3 heteroatoms. The third-order valence-corrected chi connectivity index (χ3v) is 3.67. The molecule has 1 fully saturated rings. The Kier molecular flexibility index (Phi) is 4.02. The van der Waals surface area contributed by atoms with Gasteiger partial charge in [-0.05, 0) is 37.1 Å². The molecule has 0 saturated carbocycles. The second kappa shape index (κ2) is 5.52. The van der Waals surface area contributed by atoms with Gasteiger partial charge in [0.05, 0.1) is 6.10 Å². The molecule has 1 aliphatic rings. The maximum atomic E-state index is 10.1. The van der Waals surface area contributed by atoms with Crippen molar-refractivity contribution in [3.05, 3.63) is 29.8 Å². The number of anilines is 1. The number of piperidine rings is 1. The molecule has 1 aromatic carbocycles. The average molecular weight is 234 g/mol. The second-order valence-corrected chi connectivity index (χ2v) is 4.96. The molecule has 0 spiro atoms. The summed E-state index contributed by atoms with van der Waals surface area (Å²) >= 11 is 0. The zero-order chi connectivity index (χ0) is 12.3. The van der Waals surface area contributed by atoms with Crippen LogP contribution in [0.25, 0.3) is 0 Å². The number of nitrogens with zero attached hydrogens (tertiary/aromatic N) is 1. The van der Waals surface area contributed by atoms with Gasteiger partial charge in [-0.25, -0.2) is 0 Å². The van der Waals surface area contributed by atoms with E-state index in [1.165, 1.54) is 5.56 Å². The summed E-state index contributed by atoms with van der Waals surface area (Å²) in [6.45, 7) is 5.26. The summed E-state index contributed by atoms with van der Waals surface area (Å²) in [7, 11) is 0. The largest absolute Gasteiger partial charge is 0.399 e. The van der Waals surface area contributed by atoms with Crippen LogP contribution in [-0.4, -0.2) is 35.7 Å². The van der Waals surface area contributed by atoms with Crippen LogP contribution < -0.4 is 5.73 Å². The van der Waals surface area contributed by atoms with Crippen molar-refractivity contribution >= 4 is 5.69 Å². The van der Waals surface area contributed by atoms with Crippen LogP contribution in [0, 0.1) is 5.92 Å². The fourth-order valence-corrected chi connectivity index (χ4v) is 2.61. The number of aliphatic hydroxyl groups excluding tert-OH is 1. The Morgan fingerprint density at radius 2 is 2.29 bits per heavy atom. The van der Waals surface area contributed by atoms with Gasteiger partial charge >= 0.3 is 0 Å². The standard InChI is InChI=1S/C14H22N2O/c1-2-16-7-6-14(17)12(10-16)8-11-4-3-5-13(15)9-11/h3-5,9,12,14,17H,2,6-8,10,15H2,1H3. The molecular formula is C14H22N2O. The molecule has 1 aliphatic heterocycles. The van der Waals surface area contributed by atoms with E-state index in [1.807, 2.05) is 18.2 Å². The van der Waals surface area contributed by atoms with Crippen molar-refractivity contribution in [2.24, 2.45) is 5.92 Å². The Bertz CT molecular complexity index is 367. The number of nitrogen functional groups attached to an aromatic ring is 1. The number of aliphatic hydroxyl groups is 1. The lowest BCUT2D eigenvalue weighted by Gasteiger charge is -2.35. The third kappa shape index (κ3) is 3.20. The minimum absolute atomic E-state index is 0.167. The molecule has 2 unspecified atom stereocenters. The SMILES string of the molecule is CCN1CCC(O)C(Cc2cccc(N)c2)C1. The number of likely N-dealkylation sites (tertiary alicyclic amines) is 1. The van der Waals surface area contributed by atoms with Crippen molar-refractivity contribution in [3.8, 4) is 0 Å². The van der Waals surface area contributed by atoms with Crippen molar-refractivity contribution < 1.29 is 5.11 Å². The highest BCUT2D eigenvalue weighted by Crippen LogP contribution is 2.22. The summed E-state index contributed by atoms with van der Waals surface area (Å²) in [5, 5.41) is 10.1. The fourth-order valence-electron chi connectivity index (χ4n) is 2.61. The lowest BCUT2D eigenvalue weighted by atomic mass is 9.88. The lowest BCUT2D eigenvalue weighted by Crippen LogP contribution is -2.43. The first-order valence-corrected chi connectivity index (χ1v) is 6.44. The molecule has 1 saturated heterocycles. The average Bonchev–Trinajstić information content (AvgIpc) is 2.32. The van der Waals surface area contributed by atoms with E-state index in [0.717, 1.165) is 38.2 Å². The summed E-state index contributed by atoms with van der Waals surface area (Å²) in [6.07, 6.45) is 1.64. The smallest absolute Gasteiger partial charge is 0.0596 e. The molecule has 2 rings (SSSR count). The maximum Gasteiger partial charge on any atom is 0.0596 e. The monoisotopic (exact) mass is 234 g/mol. The predicted molar refractivity (Wildman–Crippen MR) is 70.8 cm³/mol. The molecule has 0 aromatic heterocycles. The minimum atomic E-state index is -0.167. The molecule has 94 valence electrons. The van der Waals surface area contributed by atoms with E-state index in [0.29, 0.717) is 5.92 Å². The molecule has 17 heavy (non-hydrogen) atoms. The van der Waals surface area contributed by atoms with Crippen molar-refractivity contribution in [1.29, 1.82) is 0 Å². The molecular weight excluding hydrogens is 212 g/mol. The molecule has 0 aliphatic carbocycles. The van der Waals surface area contributed by atoms with Gasteiger partial charge in [-0.3, -0.25) is 0 Å². The molecule has 1 heterocycles. The van der Waals surface area contributed by atoms with E-state index < -0.39 is 0 Å². The molecule has 2 atom stereocenters. The molecule has 0 radical (unpaired) electrons. The first-order chi connectivity index (χ1) is 8.19. The number of rotatable bonds is 3. The highest BCUT2D eigenvalue weighted by atomic mass is 16.3. The number of benzene rings is 1. The molecule has 3 nitrogen and oxygen atoms in total. The van der Waals surface area contributed by atoms with Gasteiger partial charge in [0.15, 0.2) is 0 Å². The molecule has 0 bridgehead atoms. The normalized spacial score (nSPS) is 26.0. The summed E-state index contributed by atoms with van der Waals surface area (Å²) in [5.74, 6) is 0.338. The first-order valence-electron chi connectivity index (χ1n) is 6.44. The summed E-state index contributed by atoms with van der Waals surface area (Å²) < 4.78 is 0. The van der Waals surface area contributed by atoms with Gasteiger partial charge < -0.3 is 15.7 Å². The third-order valence-electron chi connectivity index (χ3n) is 3.67. The van der Waals surface area contributed by atoms with Crippen LogP contribution in [-0.2, 0) is 6.42 Å². The van der Waals surface area contributed by atoms with Gasteiger partial charge in [-0.2, -0.15) is 0 Å². The van der Waals surface area contributed by atoms with Gasteiger partial charge in [-0.1, -0.05) is 19.1 Å². The molecule has 1 aromatic rings. The highest BCUT2D eigenvalue weighted by molar-refractivity contribution is 5.40. The van der Waals surface area contributed by atoms with Crippen molar-refractivity contribution in [3.63, 3.8) is 0 Å². The van der Waals surface area contributed by atoms with E-state index in [9.17, 15) is 5.11 Å². The summed E-state index contributed by atoms with van der Waals surface area (Å²) in [5.41, 5.74) is 7.81. The Morgan fingerprint density at radius 1 is 1.47 bits per heavy atom. The number of hydrogen-bond acceptors (Lipinski definition) is 3. The van der Waals surface area contributed by atoms with Gasteiger partial charge in [0.1, 0.15) is 0 Å². The van der Waals surface area contributed by atoms with Crippen LogP contribution in [0.1, 0.15) is 18.9 Å². The zero-order valence-corrected chi connectivity index (χ0v) is 10.5. The van der Waals surface area contributed by atoms with Crippen molar-refractivity contribution in [2.75, 3.05) is 25.4 Å². The molecule has 3 N–H and O–H groups in total. The van der Waals surface area contributed by atoms with Crippen LogP contribution in [0.2, 0.25) is 0 Å². The minimum Gasteiger partial charge on any atom is -0.399 e. The maximum absolute atomic E-state index is 10.1. The van der Waals surface area contributed by atoms with E-state index in [4.69, 9.17) is 5.73 Å². The van der Waals surface area contributed by atoms with Gasteiger partial charge in [0.2, 0.25) is 0 Å². The predicted octanol–water partition coefficient (Wildman–Crippen LogP) is 1.51. The van der Waals surface area contributed by atoms with E-state index >= 15 is 0 Å². The quantitative estimate of drug-likeness (QED) is 0.780. The van der Waals surface area contributed by atoms with Crippen LogP contribution in [0.4, 0.5) is 5.69 Å². The van der Waals surface area contributed by atoms with Gasteiger partial charge in [-0.15, -0.1) is 0 Å². The fraction of sp³-hybridized carbons (Fsp3) is 0.571. The Morgan fingerprint density at radius 3 is 3.00 bits per heavy atom. The van der Waals surface area contributed by atoms with E-state index in [2.05, 4.69) is 17.9 Å². The zero-order valence-electron chi connectivity index (χ0n) is 10.5. The summed E-state index contributed by atoms with van der Waals surface area (Å²) in [6, 6.07) is 7.99. The Labute approximate surface area is 103 Å². The summed E-state index contributed by atoms with van der Waals surface area (Å²) in [4.78, 5) is 2.41. The Hall–Kier alpha value is -1.06. The van der Waals surface area contributed by atoms with Crippen LogP contribution in [0.3, 0.4) is 0 Å². The van der Waals surface area contributed by atoms with Crippen LogP contribution in [0.15, 0.2) is 24.3 Å². The van der Waals surface area contributed by atoms with Gasteiger partial charge in [0, 0.05) is 24.7 Å². The van der Waals surface area contributed by atoms with Gasteiger partial charge in [0.25, 0.3) is 0 Å². The van der Waals surface area contributed by atoms with E-state index in [-0.39, 0.29) is 6.10 Å². The van der Waals surface area contributed by atoms with Crippen molar-refractivity contribution in [1.82, 2.24) is 4.90 Å². The first kappa shape index (κ1) is 12.4. The second-order valence-electron chi connectivity index (χ2n) is 4.96. The topological polar surface area (TPSA) is 49.5 Å².